The quantitative estimate of drug-likeness (QED) is 0.505. The minimum absolute atomic E-state index is 0.129. The molecule has 0 aliphatic heterocycles. The van der Waals surface area contributed by atoms with Crippen LogP contribution in [-0.2, 0) is 9.53 Å². The molecule has 0 amide bonds. The lowest BCUT2D eigenvalue weighted by atomic mass is 9.99. The zero-order valence-corrected chi connectivity index (χ0v) is 12.3. The molecule has 7 nitrogen and oxygen atoms in total. The Bertz CT molecular complexity index is 502. The Morgan fingerprint density at radius 3 is 2.70 bits per heavy atom. The molecule has 3 N–H and O–H groups in total. The van der Waals surface area contributed by atoms with Gasteiger partial charge in [-0.25, -0.2) is 9.59 Å². The smallest absolute Gasteiger partial charge is 0.354 e. The molecule has 1 aromatic heterocycles. The van der Waals surface area contributed by atoms with E-state index in [-0.39, 0.29) is 12.3 Å². The molecule has 0 bridgehead atoms. The Balaban J connectivity index is 2.54. The molecule has 0 unspecified atom stereocenters. The summed E-state index contributed by atoms with van der Waals surface area (Å²) in [6.45, 7) is 4.55. The van der Waals surface area contributed by atoms with Gasteiger partial charge in [0.1, 0.15) is 5.69 Å². The first-order valence-electron chi connectivity index (χ1n) is 5.74. The minimum Gasteiger partial charge on any atom is -0.480 e. The zero-order valence-electron chi connectivity index (χ0n) is 10.7. The molecule has 8 heteroatoms. The number of hydrogen-bond acceptors (Lipinski definition) is 5. The van der Waals surface area contributed by atoms with Gasteiger partial charge in [0.05, 0.1) is 12.7 Å². The largest absolute Gasteiger partial charge is 0.480 e. The predicted octanol–water partition coefficient (Wildman–Crippen LogP) is 1.08. The summed E-state index contributed by atoms with van der Waals surface area (Å²) in [5.74, 6) is -2.46. The lowest BCUT2D eigenvalue weighted by Crippen LogP contribution is -2.38. The van der Waals surface area contributed by atoms with Crippen molar-refractivity contribution in [1.82, 2.24) is 4.98 Å². The molecule has 0 saturated heterocycles. The van der Waals surface area contributed by atoms with Crippen molar-refractivity contribution < 1.29 is 24.5 Å². The van der Waals surface area contributed by atoms with Gasteiger partial charge in [0.25, 0.3) is 0 Å². The summed E-state index contributed by atoms with van der Waals surface area (Å²) >= 11 is 3.18. The van der Waals surface area contributed by atoms with E-state index in [2.05, 4.69) is 32.6 Å². The maximum Gasteiger partial charge on any atom is 0.354 e. The number of H-pyrrole nitrogens is 1. The van der Waals surface area contributed by atoms with Gasteiger partial charge in [-0.1, -0.05) is 6.92 Å². The maximum atomic E-state index is 11.7. The summed E-state index contributed by atoms with van der Waals surface area (Å²) in [7, 11) is 0. The summed E-state index contributed by atoms with van der Waals surface area (Å²) in [5.41, 5.74) is 0.259. The predicted molar refractivity (Wildman–Crippen MR) is 74.9 cm³/mol. The van der Waals surface area contributed by atoms with E-state index in [1.54, 1.807) is 19.2 Å². The Labute approximate surface area is 123 Å². The second-order valence-corrected chi connectivity index (χ2v) is 5.18. The van der Waals surface area contributed by atoms with E-state index in [4.69, 9.17) is 9.84 Å². The summed E-state index contributed by atoms with van der Waals surface area (Å²) in [4.78, 5) is 28.5. The van der Waals surface area contributed by atoms with Gasteiger partial charge in [0.15, 0.2) is 6.04 Å². The Hall–Kier alpha value is -1.67. The van der Waals surface area contributed by atoms with E-state index < -0.39 is 30.0 Å². The second-order valence-electron chi connectivity index (χ2n) is 4.26. The number of aliphatic hydroxyl groups is 1. The second kappa shape index (κ2) is 7.20. The standard InChI is InChI=1S/C12H15BrN2O5/c1-6(10(16)9(14-2)11(17)18)5-20-12(19)8-3-7(13)4-15-8/h3-4,6,9-10,15-16H,2,5H2,1H3,(H,17,18)/t6-,9+,10+/m0/s1. The number of aromatic nitrogens is 1. The number of aliphatic hydroxyl groups excluding tert-OH is 1. The molecule has 0 aliphatic rings. The maximum absolute atomic E-state index is 11.7. The van der Waals surface area contributed by atoms with E-state index in [0.717, 1.165) is 0 Å². The highest BCUT2D eigenvalue weighted by molar-refractivity contribution is 9.10. The number of hydrogen-bond donors (Lipinski definition) is 3. The minimum atomic E-state index is -1.34. The fourth-order valence-electron chi connectivity index (χ4n) is 1.51. The van der Waals surface area contributed by atoms with Crippen LogP contribution in [0.4, 0.5) is 0 Å². The third-order valence-corrected chi connectivity index (χ3v) is 3.16. The number of esters is 1. The van der Waals surface area contributed by atoms with Crippen LogP contribution in [0.15, 0.2) is 21.7 Å². The molecule has 3 atom stereocenters. The van der Waals surface area contributed by atoms with Crippen LogP contribution in [0.2, 0.25) is 0 Å². The topological polar surface area (TPSA) is 112 Å². The first-order chi connectivity index (χ1) is 9.36. The lowest BCUT2D eigenvalue weighted by Gasteiger charge is -2.21. The molecule has 1 rings (SSSR count). The van der Waals surface area contributed by atoms with Crippen LogP contribution < -0.4 is 0 Å². The van der Waals surface area contributed by atoms with Crippen molar-refractivity contribution in [3.63, 3.8) is 0 Å². The number of carboxylic acids is 1. The van der Waals surface area contributed by atoms with Gasteiger partial charge in [0, 0.05) is 16.6 Å². The fourth-order valence-corrected chi connectivity index (χ4v) is 1.86. The van der Waals surface area contributed by atoms with Gasteiger partial charge in [-0.2, -0.15) is 0 Å². The molecule has 0 spiro atoms. The van der Waals surface area contributed by atoms with Gasteiger partial charge >= 0.3 is 11.9 Å². The SMILES string of the molecule is C=N[C@@H](C(=O)O)[C@H](O)[C@@H](C)COC(=O)c1cc(Br)c[nH]1. The number of aliphatic carboxylic acids is 1. The summed E-state index contributed by atoms with van der Waals surface area (Å²) in [5, 5.41) is 18.7. The van der Waals surface area contributed by atoms with Gasteiger partial charge in [-0.05, 0) is 28.7 Å². The molecular formula is C12H15BrN2O5. The fraction of sp³-hybridized carbons (Fsp3) is 0.417. The van der Waals surface area contributed by atoms with Crippen LogP contribution in [-0.4, -0.2) is 52.6 Å². The Morgan fingerprint density at radius 2 is 2.25 bits per heavy atom. The highest BCUT2D eigenvalue weighted by atomic mass is 79.9. The highest BCUT2D eigenvalue weighted by Crippen LogP contribution is 2.14. The van der Waals surface area contributed by atoms with E-state index in [0.29, 0.717) is 4.47 Å². The number of rotatable bonds is 7. The first kappa shape index (κ1) is 16.4. The van der Waals surface area contributed by atoms with Crippen LogP contribution in [0.1, 0.15) is 17.4 Å². The molecule has 1 aromatic rings. The van der Waals surface area contributed by atoms with Crippen molar-refractivity contribution in [2.45, 2.75) is 19.1 Å². The van der Waals surface area contributed by atoms with E-state index in [9.17, 15) is 14.7 Å². The average Bonchev–Trinajstić information content (AvgIpc) is 2.82. The molecular weight excluding hydrogens is 332 g/mol. The monoisotopic (exact) mass is 346 g/mol. The first-order valence-corrected chi connectivity index (χ1v) is 6.53. The average molecular weight is 347 g/mol. The third-order valence-electron chi connectivity index (χ3n) is 2.70. The molecule has 0 saturated carbocycles. The van der Waals surface area contributed by atoms with E-state index in [1.165, 1.54) is 0 Å². The van der Waals surface area contributed by atoms with Gasteiger partial charge in [-0.15, -0.1) is 0 Å². The van der Waals surface area contributed by atoms with Crippen LogP contribution >= 0.6 is 15.9 Å². The number of nitrogens with one attached hydrogen (secondary N) is 1. The normalized spacial score (nSPS) is 15.2. The zero-order chi connectivity index (χ0) is 15.3. The Morgan fingerprint density at radius 1 is 1.60 bits per heavy atom. The number of halogens is 1. The number of aliphatic imine (C=N–C) groups is 1. The number of aromatic amines is 1. The molecule has 0 aromatic carbocycles. The lowest BCUT2D eigenvalue weighted by molar-refractivity contribution is -0.142. The number of carboxylic acid groups (broad SMARTS) is 1. The number of carbonyl (C=O) groups is 2. The number of carbonyl (C=O) groups excluding carboxylic acids is 1. The van der Waals surface area contributed by atoms with Crippen molar-refractivity contribution in [1.29, 1.82) is 0 Å². The molecule has 0 radical (unpaired) electrons. The summed E-state index contributed by atoms with van der Waals surface area (Å²) < 4.78 is 5.70. The number of nitrogens with zero attached hydrogens (tertiary/aromatic N) is 1. The van der Waals surface area contributed by atoms with Gasteiger partial charge < -0.3 is 19.9 Å². The van der Waals surface area contributed by atoms with Gasteiger partial charge in [-0.3, -0.25) is 4.99 Å². The van der Waals surface area contributed by atoms with Crippen molar-refractivity contribution in [3.05, 3.63) is 22.4 Å². The van der Waals surface area contributed by atoms with Crippen LogP contribution in [0, 0.1) is 5.92 Å². The molecule has 1 heterocycles. The molecule has 110 valence electrons. The summed E-state index contributed by atoms with van der Waals surface area (Å²) in [6, 6.07) is 0.206. The van der Waals surface area contributed by atoms with Crippen LogP contribution in [0.3, 0.4) is 0 Å². The van der Waals surface area contributed by atoms with Crippen molar-refractivity contribution in [2.24, 2.45) is 10.9 Å². The molecule has 20 heavy (non-hydrogen) atoms. The van der Waals surface area contributed by atoms with Crippen LogP contribution in [0.5, 0.6) is 0 Å². The Kier molecular flexibility index (Phi) is 5.90. The van der Waals surface area contributed by atoms with Crippen molar-refractivity contribution in [2.75, 3.05) is 6.61 Å². The molecule has 0 aliphatic carbocycles. The summed E-state index contributed by atoms with van der Waals surface area (Å²) in [6.07, 6.45) is 0.296. The van der Waals surface area contributed by atoms with Crippen molar-refractivity contribution >= 4 is 34.6 Å². The highest BCUT2D eigenvalue weighted by Gasteiger charge is 2.30. The third kappa shape index (κ3) is 4.17. The van der Waals surface area contributed by atoms with Crippen LogP contribution in [0.25, 0.3) is 0 Å². The van der Waals surface area contributed by atoms with Crippen molar-refractivity contribution in [3.8, 4) is 0 Å². The van der Waals surface area contributed by atoms with E-state index >= 15 is 0 Å². The molecule has 0 fully saturated rings. The van der Waals surface area contributed by atoms with E-state index in [1.807, 2.05) is 0 Å². The number of ether oxygens (including phenoxy) is 1. The van der Waals surface area contributed by atoms with Gasteiger partial charge in [0.2, 0.25) is 0 Å².